The van der Waals surface area contributed by atoms with Crippen LogP contribution >= 0.6 is 0 Å². The van der Waals surface area contributed by atoms with Gasteiger partial charge < -0.3 is 9.47 Å². The van der Waals surface area contributed by atoms with Gasteiger partial charge in [0.05, 0.1) is 5.52 Å². The Balaban J connectivity index is 1.10. The summed E-state index contributed by atoms with van der Waals surface area (Å²) in [4.78, 5) is 2.32. The van der Waals surface area contributed by atoms with E-state index in [2.05, 4.69) is 193 Å². The van der Waals surface area contributed by atoms with Gasteiger partial charge in [0.25, 0.3) is 0 Å². The van der Waals surface area contributed by atoms with Gasteiger partial charge in [0.1, 0.15) is 0 Å². The topological polar surface area (TPSA) is 8.17 Å². The van der Waals surface area contributed by atoms with Crippen molar-refractivity contribution in [3.05, 3.63) is 180 Å². The number of aryl methyl sites for hydroxylation is 1. The van der Waals surface area contributed by atoms with Crippen LogP contribution in [0.2, 0.25) is 0 Å². The van der Waals surface area contributed by atoms with Crippen molar-refractivity contribution in [2.45, 2.75) is 13.8 Å². The highest BCUT2D eigenvalue weighted by molar-refractivity contribution is 5.92. The van der Waals surface area contributed by atoms with Crippen LogP contribution in [0.1, 0.15) is 22.4 Å². The number of hydrogen-bond acceptors (Lipinski definition) is 1. The molecule has 46 heavy (non-hydrogen) atoms. The second kappa shape index (κ2) is 11.6. The number of benzene rings is 7. The molecule has 0 saturated heterocycles. The molecule has 0 aliphatic carbocycles. The average molecular weight is 591 g/mol. The number of nitrogens with zero attached hydrogens (tertiary/aromatic N) is 2. The van der Waals surface area contributed by atoms with Crippen LogP contribution in [-0.2, 0) is 0 Å². The van der Waals surface area contributed by atoms with Gasteiger partial charge >= 0.3 is 0 Å². The first-order valence-electron chi connectivity index (χ1n) is 15.9. The Morgan fingerprint density at radius 1 is 0.457 bits per heavy atom. The fourth-order valence-electron chi connectivity index (χ4n) is 6.61. The number of aromatic nitrogens is 1. The summed E-state index contributed by atoms with van der Waals surface area (Å²) in [5.41, 5.74) is 10.8. The summed E-state index contributed by atoms with van der Waals surface area (Å²) in [7, 11) is 0. The van der Waals surface area contributed by atoms with Gasteiger partial charge in [-0.1, -0.05) is 109 Å². The Labute approximate surface area is 270 Å². The minimum Gasteiger partial charge on any atom is -0.314 e. The number of anilines is 3. The third-order valence-electron chi connectivity index (χ3n) is 9.16. The fraction of sp³-hybridized carbons (Fsp3) is 0.0455. The van der Waals surface area contributed by atoms with E-state index in [4.69, 9.17) is 0 Å². The fourth-order valence-corrected chi connectivity index (χ4v) is 6.61. The lowest BCUT2D eigenvalue weighted by atomic mass is 10.1. The smallest absolute Gasteiger partial charge is 0.0534 e. The molecule has 7 aromatic carbocycles. The van der Waals surface area contributed by atoms with E-state index in [1.807, 2.05) is 0 Å². The van der Waals surface area contributed by atoms with Crippen molar-refractivity contribution in [1.29, 1.82) is 0 Å². The maximum atomic E-state index is 2.39. The summed E-state index contributed by atoms with van der Waals surface area (Å²) in [6.07, 6.45) is 4.42. The Morgan fingerprint density at radius 2 is 1.02 bits per heavy atom. The van der Waals surface area contributed by atoms with Crippen LogP contribution in [0.5, 0.6) is 0 Å². The average Bonchev–Trinajstić information content (AvgIpc) is 3.36. The lowest BCUT2D eigenvalue weighted by Gasteiger charge is -2.26. The van der Waals surface area contributed by atoms with Gasteiger partial charge in [-0.2, -0.15) is 0 Å². The van der Waals surface area contributed by atoms with Crippen LogP contribution in [0.4, 0.5) is 17.1 Å². The molecule has 8 aromatic rings. The first kappa shape index (κ1) is 27.7. The monoisotopic (exact) mass is 590 g/mol. The molecule has 0 N–H and O–H groups in total. The third-order valence-corrected chi connectivity index (χ3v) is 9.16. The molecule has 0 bridgehead atoms. The first-order chi connectivity index (χ1) is 22.6. The van der Waals surface area contributed by atoms with Crippen molar-refractivity contribution in [2.24, 2.45) is 0 Å². The second-order valence-electron chi connectivity index (χ2n) is 12.0. The van der Waals surface area contributed by atoms with Gasteiger partial charge in [-0.15, -0.1) is 0 Å². The maximum Gasteiger partial charge on any atom is 0.0534 e. The zero-order valence-corrected chi connectivity index (χ0v) is 26.1. The van der Waals surface area contributed by atoms with Crippen LogP contribution in [0, 0.1) is 13.8 Å². The van der Waals surface area contributed by atoms with Crippen LogP contribution in [0.15, 0.2) is 158 Å². The summed E-state index contributed by atoms with van der Waals surface area (Å²) in [6, 6.07) is 56.7. The van der Waals surface area contributed by atoms with Gasteiger partial charge in [0.2, 0.25) is 0 Å². The molecule has 0 spiro atoms. The summed E-state index contributed by atoms with van der Waals surface area (Å²) in [5, 5.41) is 6.29. The molecule has 2 heteroatoms. The van der Waals surface area contributed by atoms with Crippen LogP contribution in [0.3, 0.4) is 0 Å². The van der Waals surface area contributed by atoms with Crippen LogP contribution < -0.4 is 4.90 Å². The molecule has 2 nitrogen and oxygen atoms in total. The van der Waals surface area contributed by atoms with E-state index < -0.39 is 0 Å². The summed E-state index contributed by atoms with van der Waals surface area (Å²) >= 11 is 0. The SMILES string of the molecule is Cc1c(C)n(-c2ccc3ccccc3c2)c2ccc(/C=C/c3ccc(N(c4ccccc4)c4ccc5ccccc5c4)cc3)cc12. The third kappa shape index (κ3) is 5.04. The van der Waals surface area contributed by atoms with Gasteiger partial charge in [-0.25, -0.2) is 0 Å². The van der Waals surface area contributed by atoms with Gasteiger partial charge in [0, 0.05) is 33.8 Å². The molecule has 1 heterocycles. The van der Waals surface area contributed by atoms with Gasteiger partial charge in [-0.3, -0.25) is 0 Å². The van der Waals surface area contributed by atoms with Crippen LogP contribution in [0.25, 0.3) is 50.3 Å². The second-order valence-corrected chi connectivity index (χ2v) is 12.0. The quantitative estimate of drug-likeness (QED) is 0.175. The molecule has 0 saturated carbocycles. The minimum atomic E-state index is 1.13. The van der Waals surface area contributed by atoms with E-state index >= 15 is 0 Å². The lowest BCUT2D eigenvalue weighted by molar-refractivity contribution is 1.04. The van der Waals surface area contributed by atoms with Crippen molar-refractivity contribution >= 4 is 61.7 Å². The number of para-hydroxylation sites is 1. The van der Waals surface area contributed by atoms with Crippen molar-refractivity contribution in [1.82, 2.24) is 4.57 Å². The normalized spacial score (nSPS) is 11.6. The molecule has 0 aliphatic rings. The summed E-state index contributed by atoms with van der Waals surface area (Å²) in [5.74, 6) is 0. The molecule has 0 aliphatic heterocycles. The highest BCUT2D eigenvalue weighted by atomic mass is 15.1. The maximum absolute atomic E-state index is 2.39. The standard InChI is InChI=1S/C44H34N2/c1-31-32(2)45(41-25-21-35-10-6-8-12-37(35)29-41)44-27-20-34(28-43(31)44)17-16-33-18-23-40(24-19-33)46(39-14-4-3-5-15-39)42-26-22-36-11-7-9-13-38(36)30-42/h3-30H,1-2H3/b17-16+. The van der Waals surface area contributed by atoms with E-state index in [9.17, 15) is 0 Å². The van der Waals surface area contributed by atoms with Gasteiger partial charge in [-0.05, 0) is 113 Å². The van der Waals surface area contributed by atoms with Crippen molar-refractivity contribution in [3.8, 4) is 5.69 Å². The highest BCUT2D eigenvalue weighted by Crippen LogP contribution is 2.36. The van der Waals surface area contributed by atoms with E-state index in [0.29, 0.717) is 0 Å². The van der Waals surface area contributed by atoms with E-state index in [1.54, 1.807) is 0 Å². The van der Waals surface area contributed by atoms with Crippen molar-refractivity contribution in [3.63, 3.8) is 0 Å². The lowest BCUT2D eigenvalue weighted by Crippen LogP contribution is -2.09. The minimum absolute atomic E-state index is 1.13. The molecule has 0 unspecified atom stereocenters. The van der Waals surface area contributed by atoms with Crippen molar-refractivity contribution in [2.75, 3.05) is 4.90 Å². The molecule has 1 aromatic heterocycles. The van der Waals surface area contributed by atoms with E-state index in [-0.39, 0.29) is 0 Å². The number of hydrogen-bond donors (Lipinski definition) is 0. The first-order valence-corrected chi connectivity index (χ1v) is 15.9. The molecule has 0 amide bonds. The summed E-state index contributed by atoms with van der Waals surface area (Å²) in [6.45, 7) is 4.45. The Kier molecular flexibility index (Phi) is 6.96. The molecule has 0 radical (unpaired) electrons. The number of rotatable bonds is 6. The predicted molar refractivity (Wildman–Crippen MR) is 198 cm³/mol. The molecule has 0 fully saturated rings. The summed E-state index contributed by atoms with van der Waals surface area (Å²) < 4.78 is 2.39. The molecule has 8 rings (SSSR count). The molecule has 0 atom stereocenters. The predicted octanol–water partition coefficient (Wildman–Crippen LogP) is 12.2. The zero-order chi connectivity index (χ0) is 31.0. The molecular formula is C44H34N2. The number of fused-ring (bicyclic) bond motifs is 3. The van der Waals surface area contributed by atoms with Crippen molar-refractivity contribution < 1.29 is 0 Å². The van der Waals surface area contributed by atoms with Gasteiger partial charge in [0.15, 0.2) is 0 Å². The Hall–Kier alpha value is -5.86. The van der Waals surface area contributed by atoms with E-state index in [0.717, 1.165) is 22.6 Å². The Bertz CT molecular complexity index is 2380. The van der Waals surface area contributed by atoms with Crippen LogP contribution in [-0.4, -0.2) is 4.57 Å². The largest absolute Gasteiger partial charge is 0.314 e. The molecule has 220 valence electrons. The zero-order valence-electron chi connectivity index (χ0n) is 26.1. The highest BCUT2D eigenvalue weighted by Gasteiger charge is 2.14. The molecular weight excluding hydrogens is 556 g/mol. The van der Waals surface area contributed by atoms with E-state index in [1.165, 1.54) is 55.0 Å². The Morgan fingerprint density at radius 3 is 1.76 bits per heavy atom.